The van der Waals surface area contributed by atoms with Crippen LogP contribution in [0.3, 0.4) is 0 Å². The Morgan fingerprint density at radius 3 is 2.81 bits per heavy atom. The van der Waals surface area contributed by atoms with E-state index in [0.717, 1.165) is 49.1 Å². The molecule has 26 heavy (non-hydrogen) atoms. The number of amides is 1. The van der Waals surface area contributed by atoms with Crippen molar-refractivity contribution < 1.29 is 4.79 Å². The first kappa shape index (κ1) is 20.8. The van der Waals surface area contributed by atoms with Crippen molar-refractivity contribution >= 4 is 30.4 Å². The smallest absolute Gasteiger partial charge is 0.207 e. The van der Waals surface area contributed by atoms with Crippen LogP contribution >= 0.6 is 24.0 Å². The number of benzene rings is 2. The van der Waals surface area contributed by atoms with Crippen LogP contribution in [0.25, 0.3) is 0 Å². The van der Waals surface area contributed by atoms with Crippen molar-refractivity contribution in [3.05, 3.63) is 69.7 Å². The number of aryl methyl sites for hydroxylation is 2. The molecule has 0 fully saturated rings. The highest BCUT2D eigenvalue weighted by molar-refractivity contribution is 6.31. The Hall–Kier alpha value is -1.55. The summed E-state index contributed by atoms with van der Waals surface area (Å²) in [6.45, 7) is 0.711. The lowest BCUT2D eigenvalue weighted by atomic mass is 9.76. The van der Waals surface area contributed by atoms with E-state index in [2.05, 4.69) is 29.6 Å². The average molecular weight is 393 g/mol. The monoisotopic (exact) mass is 392 g/mol. The first-order valence-electron chi connectivity index (χ1n) is 8.96. The van der Waals surface area contributed by atoms with Crippen LogP contribution in [0.15, 0.2) is 42.5 Å². The second-order valence-electron chi connectivity index (χ2n) is 6.81. The molecule has 3 rings (SSSR count). The fourth-order valence-corrected chi connectivity index (χ4v) is 3.96. The molecule has 0 aromatic heterocycles. The minimum absolute atomic E-state index is 0. The van der Waals surface area contributed by atoms with Crippen molar-refractivity contribution in [1.82, 2.24) is 5.32 Å². The van der Waals surface area contributed by atoms with E-state index in [1.54, 1.807) is 0 Å². The molecule has 1 aliphatic rings. The highest BCUT2D eigenvalue weighted by Crippen LogP contribution is 2.35. The molecule has 0 aliphatic heterocycles. The minimum Gasteiger partial charge on any atom is -0.359 e. The number of carbonyl (C=O) groups is 1. The normalized spacial score (nSPS) is 18.5. The number of nitrogens with one attached hydrogen (secondary N) is 1. The molecular formula is C21H26Cl2N2O. The lowest BCUT2D eigenvalue weighted by molar-refractivity contribution is -0.109. The topological polar surface area (TPSA) is 55.1 Å². The molecule has 5 heteroatoms. The zero-order chi connectivity index (χ0) is 17.6. The number of hydrogen-bond donors (Lipinski definition) is 2. The molecule has 0 saturated carbocycles. The summed E-state index contributed by atoms with van der Waals surface area (Å²) in [5.74, 6) is 0.303. The van der Waals surface area contributed by atoms with Gasteiger partial charge in [-0.05, 0) is 60.4 Å². The molecule has 0 saturated heterocycles. The molecule has 2 aromatic carbocycles. The molecule has 3 N–H and O–H groups in total. The van der Waals surface area contributed by atoms with Gasteiger partial charge in [-0.25, -0.2) is 0 Å². The van der Waals surface area contributed by atoms with Gasteiger partial charge in [0.15, 0.2) is 0 Å². The van der Waals surface area contributed by atoms with Gasteiger partial charge in [-0.2, -0.15) is 0 Å². The van der Waals surface area contributed by atoms with Gasteiger partial charge < -0.3 is 11.1 Å². The molecular weight excluding hydrogens is 367 g/mol. The molecule has 140 valence electrons. The van der Waals surface area contributed by atoms with Crippen LogP contribution in [0.5, 0.6) is 0 Å². The molecule has 1 amide bonds. The molecule has 2 unspecified atom stereocenters. The Morgan fingerprint density at radius 1 is 1.23 bits per heavy atom. The van der Waals surface area contributed by atoms with E-state index in [-0.39, 0.29) is 18.4 Å². The van der Waals surface area contributed by atoms with E-state index < -0.39 is 0 Å². The summed E-state index contributed by atoms with van der Waals surface area (Å²) in [7, 11) is 0. The lowest BCUT2D eigenvalue weighted by Gasteiger charge is -2.32. The number of rotatable bonds is 7. The summed E-state index contributed by atoms with van der Waals surface area (Å²) >= 11 is 6.37. The van der Waals surface area contributed by atoms with Crippen LogP contribution in [0.4, 0.5) is 0 Å². The van der Waals surface area contributed by atoms with Gasteiger partial charge in [0.1, 0.15) is 0 Å². The summed E-state index contributed by atoms with van der Waals surface area (Å²) in [5.41, 5.74) is 11.7. The second-order valence-corrected chi connectivity index (χ2v) is 7.22. The third kappa shape index (κ3) is 5.00. The fraction of sp³-hybridized carbons (Fsp3) is 0.381. The fourth-order valence-electron chi connectivity index (χ4n) is 3.74. The van der Waals surface area contributed by atoms with Crippen LogP contribution in [0, 0.1) is 0 Å². The quantitative estimate of drug-likeness (QED) is 0.551. The zero-order valence-electron chi connectivity index (χ0n) is 14.8. The summed E-state index contributed by atoms with van der Waals surface area (Å²) in [4.78, 5) is 10.4. The van der Waals surface area contributed by atoms with Crippen molar-refractivity contribution in [2.24, 2.45) is 5.73 Å². The first-order valence-corrected chi connectivity index (χ1v) is 9.34. The summed E-state index contributed by atoms with van der Waals surface area (Å²) in [6.07, 6.45) is 5.60. The largest absolute Gasteiger partial charge is 0.359 e. The Bertz CT molecular complexity index is 736. The van der Waals surface area contributed by atoms with Crippen molar-refractivity contribution in [2.45, 2.75) is 44.1 Å². The Labute approximate surface area is 166 Å². The summed E-state index contributed by atoms with van der Waals surface area (Å²) in [5, 5.41) is 3.54. The number of hydrogen-bond acceptors (Lipinski definition) is 2. The third-order valence-corrected chi connectivity index (χ3v) is 5.51. The average Bonchev–Trinajstić information content (AvgIpc) is 2.63. The maximum Gasteiger partial charge on any atom is 0.207 e. The molecule has 2 aromatic rings. The van der Waals surface area contributed by atoms with Gasteiger partial charge in [0.25, 0.3) is 0 Å². The summed E-state index contributed by atoms with van der Waals surface area (Å²) in [6, 6.07) is 15.0. The zero-order valence-corrected chi connectivity index (χ0v) is 16.4. The van der Waals surface area contributed by atoms with Crippen molar-refractivity contribution in [3.63, 3.8) is 0 Å². The van der Waals surface area contributed by atoms with E-state index in [4.69, 9.17) is 17.3 Å². The van der Waals surface area contributed by atoms with Crippen LogP contribution in [0.1, 0.15) is 41.0 Å². The third-order valence-electron chi connectivity index (χ3n) is 5.14. The standard InChI is InChI=1S/C21H25ClN2O.ClH/c22-20-6-2-1-5-17(20)13-19-18-12-15(4-3-11-24-14-25)7-8-16(18)9-10-21(19)23;/h1-2,5-8,12,14,19,21H,3-4,9-11,13,23H2,(H,24,25);1H. The molecule has 0 spiro atoms. The lowest BCUT2D eigenvalue weighted by Crippen LogP contribution is -2.34. The predicted octanol–water partition coefficient (Wildman–Crippen LogP) is 4.04. The first-order chi connectivity index (χ1) is 12.2. The molecule has 3 nitrogen and oxygen atoms in total. The molecule has 1 aliphatic carbocycles. The minimum atomic E-state index is 0. The van der Waals surface area contributed by atoms with Crippen LogP contribution in [-0.2, 0) is 24.1 Å². The van der Waals surface area contributed by atoms with Gasteiger partial charge >= 0.3 is 0 Å². The van der Waals surface area contributed by atoms with E-state index in [0.29, 0.717) is 12.5 Å². The van der Waals surface area contributed by atoms with Gasteiger partial charge in [-0.15, -0.1) is 12.4 Å². The Balaban J connectivity index is 0.00000243. The molecule has 2 atom stereocenters. The van der Waals surface area contributed by atoms with Gasteiger partial charge in [0, 0.05) is 23.5 Å². The number of halogens is 2. The van der Waals surface area contributed by atoms with E-state index in [1.807, 2.05) is 18.2 Å². The van der Waals surface area contributed by atoms with E-state index in [1.165, 1.54) is 16.7 Å². The molecule has 0 bridgehead atoms. The van der Waals surface area contributed by atoms with Gasteiger partial charge in [0.2, 0.25) is 6.41 Å². The van der Waals surface area contributed by atoms with E-state index >= 15 is 0 Å². The number of carbonyl (C=O) groups excluding carboxylic acids is 1. The highest BCUT2D eigenvalue weighted by atomic mass is 35.5. The van der Waals surface area contributed by atoms with Crippen LogP contribution in [-0.4, -0.2) is 19.0 Å². The highest BCUT2D eigenvalue weighted by Gasteiger charge is 2.27. The Morgan fingerprint density at radius 2 is 2.04 bits per heavy atom. The van der Waals surface area contributed by atoms with Crippen molar-refractivity contribution in [3.8, 4) is 0 Å². The maximum atomic E-state index is 10.4. The number of nitrogens with two attached hydrogens (primary N) is 1. The SMILES string of the molecule is Cl.NC1CCc2ccc(CCCNC=O)cc2C1Cc1ccccc1Cl. The second kappa shape index (κ2) is 9.96. The van der Waals surface area contributed by atoms with Crippen molar-refractivity contribution in [1.29, 1.82) is 0 Å². The molecule has 0 radical (unpaired) electrons. The number of fused-ring (bicyclic) bond motifs is 1. The van der Waals surface area contributed by atoms with Crippen LogP contribution in [0.2, 0.25) is 5.02 Å². The van der Waals surface area contributed by atoms with Crippen LogP contribution < -0.4 is 11.1 Å². The van der Waals surface area contributed by atoms with Gasteiger partial charge in [-0.1, -0.05) is 48.0 Å². The van der Waals surface area contributed by atoms with Gasteiger partial charge in [-0.3, -0.25) is 4.79 Å². The van der Waals surface area contributed by atoms with Gasteiger partial charge in [0.05, 0.1) is 0 Å². The summed E-state index contributed by atoms with van der Waals surface area (Å²) < 4.78 is 0. The predicted molar refractivity (Wildman–Crippen MR) is 110 cm³/mol. The van der Waals surface area contributed by atoms with Crippen molar-refractivity contribution in [2.75, 3.05) is 6.54 Å². The Kier molecular flexibility index (Phi) is 7.95. The molecule has 0 heterocycles. The van der Waals surface area contributed by atoms with E-state index in [9.17, 15) is 4.79 Å². The maximum absolute atomic E-state index is 10.4.